The number of nitrogens with zero attached hydrogens (tertiary/aromatic N) is 2. The molecule has 0 amide bonds. The van der Waals surface area contributed by atoms with E-state index in [9.17, 15) is 36.6 Å². The number of nitrogen functional groups attached to an aromatic ring is 1. The quantitative estimate of drug-likeness (QED) is 0.0184. The predicted octanol–water partition coefficient (Wildman–Crippen LogP) is 1.95. The summed E-state index contributed by atoms with van der Waals surface area (Å²) in [6.07, 6.45) is 3.85. The maximum absolute atomic E-state index is 14.7. The first-order valence-corrected chi connectivity index (χ1v) is 25.3. The summed E-state index contributed by atoms with van der Waals surface area (Å²) >= 11 is 0. The second-order valence-electron chi connectivity index (χ2n) is 15.9. The molecule has 0 spiro atoms. The summed E-state index contributed by atoms with van der Waals surface area (Å²) in [4.78, 5) is 23.2. The third kappa shape index (κ3) is 14.7. The van der Waals surface area contributed by atoms with Crippen molar-refractivity contribution in [3.63, 3.8) is 0 Å². The average Bonchev–Trinajstić information content (AvgIpc) is 3.28. The zero-order chi connectivity index (χ0) is 48.3. The standard InChI is InChI=1S/C44H69N7O13S2/c1-50(19-7-17-48-36(43(53)54)9-3-5-15-45)65(57,58)39-30-40(66(59,60)51(2)20-8-18-49-37(44(55)56)10-4-6-16-46)34-14-12-32-38(29-35(47)31-11-13-33(39)42(34)41(31)32)64-28-27-63-26-25-62-24-23-61-22-21-52/h11-14,29-30,36-37,48-49,52H,3-10,15-28,45-47H2,1-2H3,(H,53,54)(H,55,56). The SMILES string of the molecule is CN(CCCNC(CCCCN)C(=O)O)S(=O)(=O)c1cc(S(=O)(=O)N(C)CCCNC(CCCCN)C(=O)O)c2ccc3c(OCCOCCOCCOCCO)cc(N)c4ccc1c2c43. The average molecular weight is 968 g/mol. The fourth-order valence-corrected chi connectivity index (χ4v) is 10.5. The molecule has 0 saturated carbocycles. The van der Waals surface area contributed by atoms with E-state index in [0.717, 1.165) is 8.61 Å². The highest BCUT2D eigenvalue weighted by molar-refractivity contribution is 7.90. The molecule has 66 heavy (non-hydrogen) atoms. The molecular formula is C44H69N7O13S2. The number of aliphatic hydroxyl groups excluding tert-OH is 1. The molecule has 0 aliphatic rings. The van der Waals surface area contributed by atoms with E-state index in [0.29, 0.717) is 111 Å². The number of carboxylic acid groups (broad SMARTS) is 2. The molecule has 0 aliphatic carbocycles. The largest absolute Gasteiger partial charge is 0.490 e. The molecule has 4 rings (SSSR count). The maximum Gasteiger partial charge on any atom is 0.320 e. The fraction of sp³-hybridized carbons (Fsp3) is 0.591. The van der Waals surface area contributed by atoms with Gasteiger partial charge in [0.25, 0.3) is 0 Å². The third-order valence-electron chi connectivity index (χ3n) is 11.2. The van der Waals surface area contributed by atoms with E-state index in [1.807, 2.05) is 0 Å². The van der Waals surface area contributed by atoms with E-state index in [-0.39, 0.29) is 86.0 Å². The van der Waals surface area contributed by atoms with E-state index >= 15 is 0 Å². The lowest BCUT2D eigenvalue weighted by Crippen LogP contribution is -2.39. The van der Waals surface area contributed by atoms with Gasteiger partial charge < -0.3 is 62.1 Å². The van der Waals surface area contributed by atoms with Crippen LogP contribution >= 0.6 is 0 Å². The van der Waals surface area contributed by atoms with Gasteiger partial charge in [-0.25, -0.2) is 25.4 Å². The van der Waals surface area contributed by atoms with Crippen molar-refractivity contribution < 1.29 is 60.7 Å². The van der Waals surface area contributed by atoms with Gasteiger partial charge in [0.2, 0.25) is 20.0 Å². The molecule has 0 heterocycles. The number of aliphatic carboxylic acids is 2. The molecule has 0 radical (unpaired) electrons. The summed E-state index contributed by atoms with van der Waals surface area (Å²) in [5.41, 5.74) is 18.1. The van der Waals surface area contributed by atoms with E-state index in [2.05, 4.69) is 10.6 Å². The van der Waals surface area contributed by atoms with Gasteiger partial charge in [0, 0.05) is 71.3 Å². The van der Waals surface area contributed by atoms with Crippen LogP contribution in [-0.4, -0.2) is 171 Å². The third-order valence-corrected chi connectivity index (χ3v) is 15.0. The van der Waals surface area contributed by atoms with Crippen LogP contribution in [0.15, 0.2) is 46.2 Å². The number of hydrogen-bond donors (Lipinski definition) is 8. The molecule has 22 heteroatoms. The van der Waals surface area contributed by atoms with Gasteiger partial charge in [0.15, 0.2) is 0 Å². The van der Waals surface area contributed by atoms with E-state index in [1.54, 1.807) is 30.3 Å². The van der Waals surface area contributed by atoms with E-state index in [4.69, 9.17) is 41.3 Å². The molecule has 0 aromatic heterocycles. The Hall–Kier alpha value is -4.04. The lowest BCUT2D eigenvalue weighted by Gasteiger charge is -2.24. The Morgan fingerprint density at radius 1 is 0.621 bits per heavy atom. The van der Waals surface area contributed by atoms with Crippen molar-refractivity contribution in [3.05, 3.63) is 36.4 Å². The highest BCUT2D eigenvalue weighted by Crippen LogP contribution is 2.45. The van der Waals surface area contributed by atoms with Crippen molar-refractivity contribution in [1.82, 2.24) is 19.2 Å². The first kappa shape index (κ1) is 54.6. The van der Waals surface area contributed by atoms with Crippen molar-refractivity contribution in [1.29, 1.82) is 0 Å². The number of benzene rings is 4. The Bertz CT molecular complexity index is 2280. The number of hydrogen-bond acceptors (Lipinski definition) is 16. The van der Waals surface area contributed by atoms with Gasteiger partial charge in [-0.2, -0.15) is 0 Å². The van der Waals surface area contributed by atoms with Crippen LogP contribution in [0.5, 0.6) is 5.75 Å². The summed E-state index contributed by atoms with van der Waals surface area (Å²) in [5, 5.41) is 36.7. The number of nitrogens with two attached hydrogens (primary N) is 3. The van der Waals surface area contributed by atoms with Crippen LogP contribution < -0.4 is 32.6 Å². The number of sulfonamides is 2. The van der Waals surface area contributed by atoms with Crippen molar-refractivity contribution in [2.45, 2.75) is 73.2 Å². The van der Waals surface area contributed by atoms with Crippen molar-refractivity contribution in [2.75, 3.05) is 112 Å². The molecule has 2 unspecified atom stereocenters. The fourth-order valence-electron chi connectivity index (χ4n) is 7.63. The molecule has 4 aromatic carbocycles. The molecule has 20 nitrogen and oxygen atoms in total. The minimum absolute atomic E-state index is 0.0107. The van der Waals surface area contributed by atoms with Gasteiger partial charge in [-0.15, -0.1) is 0 Å². The van der Waals surface area contributed by atoms with Crippen molar-refractivity contribution in [2.24, 2.45) is 11.5 Å². The molecule has 0 saturated heterocycles. The van der Waals surface area contributed by atoms with Crippen LogP contribution in [0.3, 0.4) is 0 Å². The number of carbonyl (C=O) groups is 2. The lowest BCUT2D eigenvalue weighted by atomic mass is 9.93. The van der Waals surface area contributed by atoms with Crippen LogP contribution in [0.25, 0.3) is 32.3 Å². The Labute approximate surface area is 387 Å². The molecule has 0 fully saturated rings. The Kier molecular flexibility index (Phi) is 22.4. The Morgan fingerprint density at radius 2 is 1.05 bits per heavy atom. The van der Waals surface area contributed by atoms with Gasteiger partial charge in [0.05, 0.1) is 56.0 Å². The highest BCUT2D eigenvalue weighted by atomic mass is 32.2. The van der Waals surface area contributed by atoms with Crippen LogP contribution in [0.1, 0.15) is 51.4 Å². The van der Waals surface area contributed by atoms with Crippen molar-refractivity contribution >= 4 is 70.0 Å². The van der Waals surface area contributed by atoms with Gasteiger partial charge >= 0.3 is 11.9 Å². The minimum atomic E-state index is -4.40. The maximum atomic E-state index is 14.7. The first-order chi connectivity index (χ1) is 31.6. The first-order valence-electron chi connectivity index (χ1n) is 22.4. The topological polar surface area (TPSA) is 309 Å². The zero-order valence-electron chi connectivity index (χ0n) is 38.0. The molecule has 370 valence electrons. The molecule has 2 atom stereocenters. The molecular weight excluding hydrogens is 899 g/mol. The second-order valence-corrected chi connectivity index (χ2v) is 20.0. The lowest BCUT2D eigenvalue weighted by molar-refractivity contribution is -0.140. The molecule has 0 bridgehead atoms. The van der Waals surface area contributed by atoms with Gasteiger partial charge in [0.1, 0.15) is 24.4 Å². The Morgan fingerprint density at radius 3 is 1.50 bits per heavy atom. The number of carboxylic acids is 2. The number of aliphatic hydroxyl groups is 1. The molecule has 0 aliphatic heterocycles. The van der Waals surface area contributed by atoms with E-state index in [1.165, 1.54) is 20.2 Å². The number of ether oxygens (including phenoxy) is 4. The highest BCUT2D eigenvalue weighted by Gasteiger charge is 2.32. The predicted molar refractivity (Wildman–Crippen MR) is 253 cm³/mol. The number of anilines is 1. The monoisotopic (exact) mass is 967 g/mol. The molecule has 11 N–H and O–H groups in total. The van der Waals surface area contributed by atoms with Crippen molar-refractivity contribution in [3.8, 4) is 5.75 Å². The summed E-state index contributed by atoms with van der Waals surface area (Å²) in [5.74, 6) is -1.64. The number of rotatable bonds is 36. The number of nitrogens with one attached hydrogen (secondary N) is 2. The number of unbranched alkanes of at least 4 members (excludes halogenated alkanes) is 2. The molecule has 4 aromatic rings. The minimum Gasteiger partial charge on any atom is -0.490 e. The summed E-state index contributed by atoms with van der Waals surface area (Å²) < 4.78 is 83.4. The van der Waals surface area contributed by atoms with Crippen LogP contribution in [0, 0.1) is 0 Å². The Balaban J connectivity index is 1.68. The van der Waals surface area contributed by atoms with Gasteiger partial charge in [-0.05, 0) is 76.8 Å². The second kappa shape index (κ2) is 27.1. The van der Waals surface area contributed by atoms with Crippen LogP contribution in [0.4, 0.5) is 5.69 Å². The summed E-state index contributed by atoms with van der Waals surface area (Å²) in [6, 6.07) is 7.89. The smallest absolute Gasteiger partial charge is 0.320 e. The summed E-state index contributed by atoms with van der Waals surface area (Å²) in [6.45, 7) is 3.12. The van der Waals surface area contributed by atoms with Crippen LogP contribution in [-0.2, 0) is 43.8 Å². The normalized spacial score (nSPS) is 13.4. The van der Waals surface area contributed by atoms with Gasteiger partial charge in [-0.3, -0.25) is 9.59 Å². The van der Waals surface area contributed by atoms with Crippen LogP contribution in [0.2, 0.25) is 0 Å². The zero-order valence-corrected chi connectivity index (χ0v) is 39.7. The van der Waals surface area contributed by atoms with Gasteiger partial charge in [-0.1, -0.05) is 31.0 Å². The van der Waals surface area contributed by atoms with E-state index < -0.39 is 44.1 Å². The summed E-state index contributed by atoms with van der Waals surface area (Å²) in [7, 11) is -6.01.